The number of amides is 1. The quantitative estimate of drug-likeness (QED) is 0.677. The molecule has 0 aliphatic carbocycles. The van der Waals surface area contributed by atoms with E-state index in [1.54, 1.807) is 35.6 Å². The number of thiophene rings is 1. The molecule has 0 aliphatic heterocycles. The highest BCUT2D eigenvalue weighted by Gasteiger charge is 2.14. The topological polar surface area (TPSA) is 76.1 Å². The smallest absolute Gasteiger partial charge is 0.226 e. The van der Waals surface area contributed by atoms with Gasteiger partial charge in [0.25, 0.3) is 0 Å². The first kappa shape index (κ1) is 18.8. The molecule has 0 saturated heterocycles. The molecule has 26 heavy (non-hydrogen) atoms. The lowest BCUT2D eigenvalue weighted by atomic mass is 10.1. The molecule has 0 bridgehead atoms. The molecule has 1 atom stereocenters. The van der Waals surface area contributed by atoms with E-state index < -0.39 is 9.84 Å². The molecule has 8 heteroatoms. The molecule has 0 saturated carbocycles. The molecule has 3 aromatic rings. The zero-order valence-electron chi connectivity index (χ0n) is 14.3. The largest absolute Gasteiger partial charge is 0.349 e. The van der Waals surface area contributed by atoms with E-state index in [9.17, 15) is 13.2 Å². The van der Waals surface area contributed by atoms with E-state index in [0.717, 1.165) is 21.8 Å². The van der Waals surface area contributed by atoms with E-state index in [2.05, 4.69) is 10.3 Å². The molecule has 0 aliphatic rings. The Morgan fingerprint density at radius 1 is 1.19 bits per heavy atom. The van der Waals surface area contributed by atoms with Crippen LogP contribution in [0, 0.1) is 0 Å². The van der Waals surface area contributed by atoms with Gasteiger partial charge in [-0.25, -0.2) is 13.4 Å². The van der Waals surface area contributed by atoms with E-state index in [0.29, 0.717) is 0 Å². The summed E-state index contributed by atoms with van der Waals surface area (Å²) in [6.45, 7) is 1.87. The third-order valence-electron chi connectivity index (χ3n) is 3.85. The number of carbonyl (C=O) groups is 1. The summed E-state index contributed by atoms with van der Waals surface area (Å²) in [5.41, 5.74) is 2.67. The molecule has 1 aromatic carbocycles. The van der Waals surface area contributed by atoms with Crippen molar-refractivity contribution in [3.63, 3.8) is 0 Å². The number of nitrogens with one attached hydrogen (secondary N) is 1. The van der Waals surface area contributed by atoms with Crippen molar-refractivity contribution in [2.45, 2.75) is 24.3 Å². The number of rotatable bonds is 6. The molecule has 136 valence electrons. The Bertz CT molecular complexity index is 991. The second-order valence-electron chi connectivity index (χ2n) is 5.96. The molecule has 1 unspecified atom stereocenters. The third kappa shape index (κ3) is 4.57. The number of thiazole rings is 1. The van der Waals surface area contributed by atoms with E-state index in [-0.39, 0.29) is 23.3 Å². The fraction of sp³-hybridized carbons (Fsp3) is 0.222. The van der Waals surface area contributed by atoms with Crippen molar-refractivity contribution >= 4 is 38.4 Å². The van der Waals surface area contributed by atoms with Crippen molar-refractivity contribution in [2.24, 2.45) is 0 Å². The molecule has 0 radical (unpaired) electrons. The van der Waals surface area contributed by atoms with Crippen LogP contribution in [-0.2, 0) is 21.1 Å². The van der Waals surface area contributed by atoms with E-state index in [4.69, 9.17) is 0 Å². The summed E-state index contributed by atoms with van der Waals surface area (Å²) in [5.74, 6) is -0.119. The number of sulfone groups is 1. The zero-order valence-corrected chi connectivity index (χ0v) is 16.7. The molecule has 3 rings (SSSR count). The van der Waals surface area contributed by atoms with Crippen molar-refractivity contribution in [3.8, 4) is 10.6 Å². The van der Waals surface area contributed by atoms with Gasteiger partial charge in [-0.05, 0) is 36.1 Å². The van der Waals surface area contributed by atoms with Gasteiger partial charge < -0.3 is 5.32 Å². The van der Waals surface area contributed by atoms with Crippen LogP contribution in [0.5, 0.6) is 0 Å². The summed E-state index contributed by atoms with van der Waals surface area (Å²) < 4.78 is 23.0. The Hall–Kier alpha value is -2.03. The number of aromatic nitrogens is 1. The molecular formula is C18H18N2O3S3. The summed E-state index contributed by atoms with van der Waals surface area (Å²) in [6.07, 6.45) is 1.39. The maximum atomic E-state index is 12.3. The van der Waals surface area contributed by atoms with Crippen molar-refractivity contribution in [3.05, 3.63) is 57.7 Å². The molecular weight excluding hydrogens is 388 g/mol. The van der Waals surface area contributed by atoms with Crippen LogP contribution in [0.2, 0.25) is 0 Å². The number of benzene rings is 1. The first-order valence-electron chi connectivity index (χ1n) is 7.89. The summed E-state index contributed by atoms with van der Waals surface area (Å²) in [5, 5.41) is 9.77. The molecule has 2 heterocycles. The maximum absolute atomic E-state index is 12.3. The molecule has 5 nitrogen and oxygen atoms in total. The normalized spacial score (nSPS) is 12.7. The predicted molar refractivity (Wildman–Crippen MR) is 105 cm³/mol. The van der Waals surface area contributed by atoms with Gasteiger partial charge in [0.15, 0.2) is 9.84 Å². The van der Waals surface area contributed by atoms with Crippen molar-refractivity contribution in [1.82, 2.24) is 10.3 Å². The van der Waals surface area contributed by atoms with Gasteiger partial charge >= 0.3 is 0 Å². The summed E-state index contributed by atoms with van der Waals surface area (Å²) in [4.78, 5) is 17.1. The lowest BCUT2D eigenvalue weighted by molar-refractivity contribution is -0.121. The Morgan fingerprint density at radius 3 is 2.54 bits per heavy atom. The highest BCUT2D eigenvalue weighted by Crippen LogP contribution is 2.26. The fourth-order valence-corrected chi connectivity index (χ4v) is 4.61. The standard InChI is InChI=1S/C18H18N2O3S3/c1-12(13-3-5-16(6-4-13)26(2,22)23)19-17(21)9-15-11-25-18(20-15)14-7-8-24-10-14/h3-8,10-12H,9H2,1-2H3,(H,19,21). The van der Waals surface area contributed by atoms with Crippen molar-refractivity contribution < 1.29 is 13.2 Å². The number of hydrogen-bond acceptors (Lipinski definition) is 6. The third-order valence-corrected chi connectivity index (χ3v) is 6.60. The van der Waals surface area contributed by atoms with Crippen LogP contribution < -0.4 is 5.32 Å². The molecule has 1 amide bonds. The number of hydrogen-bond donors (Lipinski definition) is 1. The van der Waals surface area contributed by atoms with E-state index in [1.807, 2.05) is 29.1 Å². The van der Waals surface area contributed by atoms with Gasteiger partial charge in [-0.2, -0.15) is 11.3 Å². The first-order valence-corrected chi connectivity index (χ1v) is 11.6. The summed E-state index contributed by atoms with van der Waals surface area (Å²) >= 11 is 3.14. The van der Waals surface area contributed by atoms with E-state index in [1.165, 1.54) is 17.6 Å². The van der Waals surface area contributed by atoms with Gasteiger partial charge in [-0.15, -0.1) is 11.3 Å². The average molecular weight is 407 g/mol. The number of nitrogens with zero attached hydrogens (tertiary/aromatic N) is 1. The lowest BCUT2D eigenvalue weighted by Crippen LogP contribution is -2.28. The summed E-state index contributed by atoms with van der Waals surface area (Å²) in [7, 11) is -3.22. The summed E-state index contributed by atoms with van der Waals surface area (Å²) in [6, 6.07) is 8.35. The average Bonchev–Trinajstić information content (AvgIpc) is 3.25. The Labute approximate surface area is 160 Å². The second kappa shape index (κ2) is 7.69. The van der Waals surface area contributed by atoms with Gasteiger partial charge in [0, 0.05) is 22.6 Å². The lowest BCUT2D eigenvalue weighted by Gasteiger charge is -2.14. The SMILES string of the molecule is CC(NC(=O)Cc1csc(-c2ccsc2)n1)c1ccc(S(C)(=O)=O)cc1. The van der Waals surface area contributed by atoms with Gasteiger partial charge in [0.1, 0.15) is 5.01 Å². The minimum atomic E-state index is -3.22. The van der Waals surface area contributed by atoms with Gasteiger partial charge in [0.05, 0.1) is 23.1 Å². The molecule has 2 aromatic heterocycles. The Morgan fingerprint density at radius 2 is 1.92 bits per heavy atom. The maximum Gasteiger partial charge on any atom is 0.226 e. The second-order valence-corrected chi connectivity index (χ2v) is 9.62. The Balaban J connectivity index is 1.61. The van der Waals surface area contributed by atoms with Crippen LogP contribution in [0.3, 0.4) is 0 Å². The van der Waals surface area contributed by atoms with Gasteiger partial charge in [0.2, 0.25) is 5.91 Å². The van der Waals surface area contributed by atoms with Crippen LogP contribution in [-0.4, -0.2) is 25.6 Å². The predicted octanol–water partition coefficient (Wildman–Crippen LogP) is 3.70. The number of carbonyl (C=O) groups excluding carboxylic acids is 1. The minimum absolute atomic E-state index is 0.119. The van der Waals surface area contributed by atoms with Crippen LogP contribution in [0.4, 0.5) is 0 Å². The molecule has 1 N–H and O–H groups in total. The van der Waals surface area contributed by atoms with Gasteiger partial charge in [-0.1, -0.05) is 12.1 Å². The van der Waals surface area contributed by atoms with Crippen LogP contribution in [0.25, 0.3) is 10.6 Å². The van der Waals surface area contributed by atoms with Crippen molar-refractivity contribution in [2.75, 3.05) is 6.26 Å². The minimum Gasteiger partial charge on any atom is -0.349 e. The highest BCUT2D eigenvalue weighted by molar-refractivity contribution is 7.90. The molecule has 0 fully saturated rings. The van der Waals surface area contributed by atoms with Crippen LogP contribution in [0.1, 0.15) is 24.2 Å². The van der Waals surface area contributed by atoms with Crippen molar-refractivity contribution in [1.29, 1.82) is 0 Å². The monoisotopic (exact) mass is 406 g/mol. The molecule has 0 spiro atoms. The van der Waals surface area contributed by atoms with E-state index >= 15 is 0 Å². The fourth-order valence-electron chi connectivity index (χ4n) is 2.45. The highest BCUT2D eigenvalue weighted by atomic mass is 32.2. The first-order chi connectivity index (χ1) is 12.3. The van der Waals surface area contributed by atoms with Crippen LogP contribution >= 0.6 is 22.7 Å². The van der Waals surface area contributed by atoms with Crippen LogP contribution in [0.15, 0.2) is 51.4 Å². The zero-order chi connectivity index (χ0) is 18.7. The van der Waals surface area contributed by atoms with Gasteiger partial charge in [-0.3, -0.25) is 4.79 Å². The Kier molecular flexibility index (Phi) is 5.55.